The highest BCUT2D eigenvalue weighted by Gasteiger charge is 2.24. The number of Topliss-reactive ketones (excluding diaryl/α,β-unsaturated/α-hetero) is 1. The lowest BCUT2D eigenvalue weighted by Crippen LogP contribution is -2.30. The molecule has 0 radical (unpaired) electrons. The van der Waals surface area contributed by atoms with Crippen LogP contribution in [0.3, 0.4) is 0 Å². The van der Waals surface area contributed by atoms with Gasteiger partial charge in [-0.2, -0.15) is 0 Å². The second kappa shape index (κ2) is 7.55. The first-order chi connectivity index (χ1) is 12.8. The van der Waals surface area contributed by atoms with Crippen molar-refractivity contribution >= 4 is 27.4 Å². The monoisotopic (exact) mass is 411 g/mol. The van der Waals surface area contributed by atoms with E-state index in [1.54, 1.807) is 0 Å². The number of carbonyl (C=O) groups excluding carboxylic acids is 1. The highest BCUT2D eigenvalue weighted by molar-refractivity contribution is 7.89. The van der Waals surface area contributed by atoms with Gasteiger partial charge in [-0.3, -0.25) is 4.79 Å². The van der Waals surface area contributed by atoms with Crippen LogP contribution in [-0.2, 0) is 10.0 Å². The summed E-state index contributed by atoms with van der Waals surface area (Å²) in [5.74, 6) is -3.18. The van der Waals surface area contributed by atoms with Gasteiger partial charge in [0.1, 0.15) is 17.5 Å². The molecule has 1 heterocycles. The first kappa shape index (κ1) is 19.2. The third kappa shape index (κ3) is 4.05. The zero-order chi connectivity index (χ0) is 19.6. The molecular weight excluding hydrogens is 400 g/mol. The minimum atomic E-state index is -4.08. The molecule has 3 rings (SSSR count). The van der Waals surface area contributed by atoms with E-state index < -0.39 is 39.5 Å². The molecular formula is C17H12ClF2N3O3S. The van der Waals surface area contributed by atoms with Gasteiger partial charge in [0.15, 0.2) is 5.78 Å². The van der Waals surface area contributed by atoms with Crippen molar-refractivity contribution in [3.63, 3.8) is 0 Å². The third-order valence-electron chi connectivity index (χ3n) is 3.65. The Morgan fingerprint density at radius 2 is 2.00 bits per heavy atom. The van der Waals surface area contributed by atoms with E-state index in [4.69, 9.17) is 11.6 Å². The minimum absolute atomic E-state index is 0.109. The molecule has 2 N–H and O–H groups in total. The van der Waals surface area contributed by atoms with Crippen LogP contribution in [0, 0.1) is 11.6 Å². The van der Waals surface area contributed by atoms with Crippen molar-refractivity contribution in [3.05, 3.63) is 71.0 Å². The Balaban J connectivity index is 1.86. The number of halogens is 3. The number of benzene rings is 2. The van der Waals surface area contributed by atoms with Crippen molar-refractivity contribution in [1.82, 2.24) is 14.7 Å². The number of nitrogens with zero attached hydrogens (tertiary/aromatic N) is 1. The normalized spacial score (nSPS) is 11.5. The molecule has 0 saturated carbocycles. The molecule has 0 amide bonds. The zero-order valence-corrected chi connectivity index (χ0v) is 15.1. The lowest BCUT2D eigenvalue weighted by molar-refractivity contribution is 0.0989. The number of aromatic nitrogens is 2. The minimum Gasteiger partial charge on any atom is -0.345 e. The van der Waals surface area contributed by atoms with Gasteiger partial charge in [0.25, 0.3) is 0 Å². The number of nitrogens with one attached hydrogen (secondary N) is 2. The number of imidazole rings is 1. The number of H-pyrrole nitrogens is 1. The van der Waals surface area contributed by atoms with E-state index >= 15 is 0 Å². The fourth-order valence-corrected chi connectivity index (χ4v) is 3.65. The van der Waals surface area contributed by atoms with Crippen molar-refractivity contribution in [2.75, 3.05) is 6.54 Å². The summed E-state index contributed by atoms with van der Waals surface area (Å²) < 4.78 is 55.1. The van der Waals surface area contributed by atoms with E-state index in [0.717, 1.165) is 12.1 Å². The molecule has 2 aromatic carbocycles. The number of aromatic amines is 1. The molecule has 0 atom stereocenters. The van der Waals surface area contributed by atoms with Gasteiger partial charge < -0.3 is 4.98 Å². The predicted molar refractivity (Wildman–Crippen MR) is 94.9 cm³/mol. The smallest absolute Gasteiger partial charge is 0.241 e. The van der Waals surface area contributed by atoms with Gasteiger partial charge >= 0.3 is 0 Å². The molecule has 0 unspecified atom stereocenters. The summed E-state index contributed by atoms with van der Waals surface area (Å²) in [7, 11) is -4.08. The van der Waals surface area contributed by atoms with Gasteiger partial charge in [-0.15, -0.1) is 0 Å². The summed E-state index contributed by atoms with van der Waals surface area (Å²) in [6, 6.07) is 7.42. The number of sulfonamides is 1. The fourth-order valence-electron chi connectivity index (χ4n) is 2.37. The summed E-state index contributed by atoms with van der Waals surface area (Å²) in [6.45, 7) is -0.829. The van der Waals surface area contributed by atoms with Gasteiger partial charge in [0.05, 0.1) is 22.6 Å². The van der Waals surface area contributed by atoms with Crippen LogP contribution in [0.2, 0.25) is 5.02 Å². The molecule has 0 fully saturated rings. The number of carbonyl (C=O) groups is 1. The maximum absolute atomic E-state index is 14.6. The summed E-state index contributed by atoms with van der Waals surface area (Å²) in [4.78, 5) is 18.6. The molecule has 3 aromatic rings. The van der Waals surface area contributed by atoms with E-state index in [2.05, 4.69) is 9.97 Å². The summed E-state index contributed by atoms with van der Waals surface area (Å²) in [6.07, 6.45) is 2.82. The molecule has 0 saturated heterocycles. The van der Waals surface area contributed by atoms with Gasteiger partial charge in [-0.05, 0) is 30.3 Å². The van der Waals surface area contributed by atoms with Crippen molar-refractivity contribution in [3.8, 4) is 11.4 Å². The summed E-state index contributed by atoms with van der Waals surface area (Å²) in [5, 5.41) is 0.187. The van der Waals surface area contributed by atoms with Crippen LogP contribution in [-0.4, -0.2) is 30.7 Å². The highest BCUT2D eigenvalue weighted by atomic mass is 35.5. The third-order valence-corrected chi connectivity index (χ3v) is 5.29. The number of hydrogen-bond donors (Lipinski definition) is 2. The Kier molecular flexibility index (Phi) is 5.36. The first-order valence-corrected chi connectivity index (χ1v) is 9.42. The van der Waals surface area contributed by atoms with Gasteiger partial charge in [0.2, 0.25) is 10.0 Å². The Labute approximate surface area is 158 Å². The number of rotatable bonds is 6. The average Bonchev–Trinajstić information content (AvgIpc) is 3.14. The van der Waals surface area contributed by atoms with Crippen molar-refractivity contribution in [1.29, 1.82) is 0 Å². The molecule has 1 aromatic heterocycles. The molecule has 0 aliphatic heterocycles. The van der Waals surface area contributed by atoms with Gasteiger partial charge in [-0.25, -0.2) is 26.9 Å². The Morgan fingerprint density at radius 1 is 1.22 bits per heavy atom. The number of hydrogen-bond acceptors (Lipinski definition) is 4. The topological polar surface area (TPSA) is 91.9 Å². The van der Waals surface area contributed by atoms with Crippen molar-refractivity contribution in [2.45, 2.75) is 4.90 Å². The van der Waals surface area contributed by atoms with Crippen LogP contribution >= 0.6 is 11.6 Å². The Bertz CT molecular complexity index is 1100. The molecule has 0 bridgehead atoms. The molecule has 6 nitrogen and oxygen atoms in total. The van der Waals surface area contributed by atoms with Crippen LogP contribution in [0.4, 0.5) is 8.78 Å². The molecule has 0 spiro atoms. The maximum atomic E-state index is 14.6. The largest absolute Gasteiger partial charge is 0.345 e. The molecule has 0 aliphatic carbocycles. The van der Waals surface area contributed by atoms with Gasteiger partial charge in [0, 0.05) is 17.4 Å². The van der Waals surface area contributed by atoms with E-state index in [1.807, 2.05) is 4.72 Å². The van der Waals surface area contributed by atoms with Crippen LogP contribution in [0.5, 0.6) is 0 Å². The quantitative estimate of drug-likeness (QED) is 0.609. The summed E-state index contributed by atoms with van der Waals surface area (Å²) >= 11 is 5.75. The first-order valence-electron chi connectivity index (χ1n) is 7.56. The lowest BCUT2D eigenvalue weighted by atomic mass is 10.0. The van der Waals surface area contributed by atoms with E-state index in [0.29, 0.717) is 0 Å². The average molecular weight is 412 g/mol. The molecule has 140 valence electrons. The molecule has 0 aliphatic rings. The standard InChI is InChI=1S/C17H12ClF2N3O3S/c18-10-2-1-3-11(8-10)27(25,26)23-9-14(24)15-13(19)5-4-12(16(15)20)17-21-6-7-22-17/h1-8,23H,9H2,(H,21,22). The maximum Gasteiger partial charge on any atom is 0.241 e. The van der Waals surface area contributed by atoms with E-state index in [1.165, 1.54) is 36.7 Å². The molecule has 27 heavy (non-hydrogen) atoms. The van der Waals surface area contributed by atoms with Crippen molar-refractivity contribution < 1.29 is 22.0 Å². The van der Waals surface area contributed by atoms with Gasteiger partial charge in [-0.1, -0.05) is 17.7 Å². The van der Waals surface area contributed by atoms with Crippen LogP contribution in [0.25, 0.3) is 11.4 Å². The SMILES string of the molecule is O=C(CNS(=O)(=O)c1cccc(Cl)c1)c1c(F)ccc(-c2ncc[nH]2)c1F. The number of ketones is 1. The van der Waals surface area contributed by atoms with Crippen LogP contribution in [0.15, 0.2) is 53.7 Å². The predicted octanol–water partition coefficient (Wildman–Crippen LogP) is 3.17. The second-order valence-electron chi connectivity index (χ2n) is 5.43. The van der Waals surface area contributed by atoms with E-state index in [9.17, 15) is 22.0 Å². The lowest BCUT2D eigenvalue weighted by Gasteiger charge is -2.09. The zero-order valence-electron chi connectivity index (χ0n) is 13.5. The fraction of sp³-hybridized carbons (Fsp3) is 0.0588. The Hall–Kier alpha value is -2.62. The second-order valence-corrected chi connectivity index (χ2v) is 7.63. The molecule has 10 heteroatoms. The Morgan fingerprint density at radius 3 is 2.67 bits per heavy atom. The van der Waals surface area contributed by atoms with Crippen molar-refractivity contribution in [2.24, 2.45) is 0 Å². The highest BCUT2D eigenvalue weighted by Crippen LogP contribution is 2.24. The van der Waals surface area contributed by atoms with Crippen LogP contribution < -0.4 is 4.72 Å². The van der Waals surface area contributed by atoms with Crippen LogP contribution in [0.1, 0.15) is 10.4 Å². The van der Waals surface area contributed by atoms with E-state index in [-0.39, 0.29) is 21.3 Å². The summed E-state index contributed by atoms with van der Waals surface area (Å²) in [5.41, 5.74) is -0.958.